The number of carbonyl (C=O) groups excluding carboxylic acids is 2. The minimum Gasteiger partial charge on any atom is -0.430 e. The van der Waals surface area contributed by atoms with E-state index in [-0.39, 0.29) is 23.1 Å². The number of allylic oxidation sites excluding steroid dienone is 2. The summed E-state index contributed by atoms with van der Waals surface area (Å²) in [4.78, 5) is 26.1. The average Bonchev–Trinajstić information content (AvgIpc) is 2.61. The van der Waals surface area contributed by atoms with Crippen LogP contribution >= 0.6 is 0 Å². The van der Waals surface area contributed by atoms with Gasteiger partial charge in [-0.3, -0.25) is 9.59 Å². The van der Waals surface area contributed by atoms with Crippen LogP contribution in [0.15, 0.2) is 72.0 Å². The van der Waals surface area contributed by atoms with Gasteiger partial charge in [-0.15, -0.1) is 0 Å². The lowest BCUT2D eigenvalue weighted by Gasteiger charge is -2.40. The first-order chi connectivity index (χ1) is 12.9. The predicted octanol–water partition coefficient (Wildman–Crippen LogP) is 4.83. The molecule has 27 heavy (non-hydrogen) atoms. The molecular weight excluding hydrogens is 336 g/mol. The zero-order valence-corrected chi connectivity index (χ0v) is 15.8. The SMILES string of the molecule is CC1(C)CC(=O)C2=C(C1)OC(=O)C(c1ccccc1)C2Cc1ccccc1. The third kappa shape index (κ3) is 3.46. The van der Waals surface area contributed by atoms with Gasteiger partial charge in [-0.1, -0.05) is 74.5 Å². The van der Waals surface area contributed by atoms with Gasteiger partial charge in [-0.25, -0.2) is 0 Å². The summed E-state index contributed by atoms with van der Waals surface area (Å²) < 4.78 is 5.75. The van der Waals surface area contributed by atoms with Crippen molar-refractivity contribution in [2.24, 2.45) is 11.3 Å². The van der Waals surface area contributed by atoms with Gasteiger partial charge in [0.2, 0.25) is 0 Å². The monoisotopic (exact) mass is 360 g/mol. The first-order valence-corrected chi connectivity index (χ1v) is 9.51. The quantitative estimate of drug-likeness (QED) is 0.737. The number of ether oxygens (including phenoxy) is 1. The highest BCUT2D eigenvalue weighted by Gasteiger charge is 2.46. The van der Waals surface area contributed by atoms with E-state index in [0.717, 1.165) is 16.7 Å². The van der Waals surface area contributed by atoms with Gasteiger partial charge in [0.25, 0.3) is 0 Å². The Hall–Kier alpha value is -2.68. The Balaban J connectivity index is 1.82. The van der Waals surface area contributed by atoms with Crippen LogP contribution in [0.5, 0.6) is 0 Å². The summed E-state index contributed by atoms with van der Waals surface area (Å²) in [6.45, 7) is 4.11. The summed E-state index contributed by atoms with van der Waals surface area (Å²) in [5.74, 6) is -0.165. The molecule has 0 fully saturated rings. The molecule has 138 valence electrons. The molecule has 1 aliphatic heterocycles. The molecule has 3 heteroatoms. The van der Waals surface area contributed by atoms with Crippen LogP contribution in [0.3, 0.4) is 0 Å². The van der Waals surface area contributed by atoms with Crippen LogP contribution < -0.4 is 0 Å². The second-order valence-corrected chi connectivity index (χ2v) is 8.38. The van der Waals surface area contributed by atoms with Crippen LogP contribution in [0.1, 0.15) is 43.7 Å². The van der Waals surface area contributed by atoms with Crippen molar-refractivity contribution in [3.63, 3.8) is 0 Å². The van der Waals surface area contributed by atoms with Crippen molar-refractivity contribution in [1.82, 2.24) is 0 Å². The predicted molar refractivity (Wildman–Crippen MR) is 104 cm³/mol. The molecule has 2 aromatic rings. The van der Waals surface area contributed by atoms with E-state index in [2.05, 4.69) is 26.0 Å². The smallest absolute Gasteiger partial charge is 0.319 e. The molecule has 0 N–H and O–H groups in total. The fourth-order valence-corrected chi connectivity index (χ4v) is 4.41. The maximum atomic E-state index is 13.1. The zero-order chi connectivity index (χ0) is 19.0. The summed E-state index contributed by atoms with van der Waals surface area (Å²) in [5.41, 5.74) is 2.59. The van der Waals surface area contributed by atoms with Gasteiger partial charge >= 0.3 is 5.97 Å². The van der Waals surface area contributed by atoms with E-state index in [1.807, 2.05) is 48.5 Å². The van der Waals surface area contributed by atoms with E-state index >= 15 is 0 Å². The van der Waals surface area contributed by atoms with Crippen LogP contribution in [0.25, 0.3) is 0 Å². The minimum absolute atomic E-state index is 0.121. The van der Waals surface area contributed by atoms with E-state index < -0.39 is 5.92 Å². The third-order valence-electron chi connectivity index (χ3n) is 5.59. The normalized spacial score (nSPS) is 24.4. The second kappa shape index (κ2) is 6.80. The molecule has 0 saturated heterocycles. The highest BCUT2D eigenvalue weighted by molar-refractivity contribution is 6.00. The van der Waals surface area contributed by atoms with Crippen LogP contribution in [-0.2, 0) is 20.7 Å². The molecule has 1 aliphatic carbocycles. The van der Waals surface area contributed by atoms with Crippen molar-refractivity contribution in [2.75, 3.05) is 0 Å². The van der Waals surface area contributed by atoms with Crippen molar-refractivity contribution in [2.45, 2.75) is 39.0 Å². The first kappa shape index (κ1) is 17.7. The van der Waals surface area contributed by atoms with E-state index in [1.165, 1.54) is 0 Å². The number of Topliss-reactive ketones (excluding diaryl/α,β-unsaturated/α-hetero) is 1. The topological polar surface area (TPSA) is 43.4 Å². The van der Waals surface area contributed by atoms with E-state index in [1.54, 1.807) is 0 Å². The van der Waals surface area contributed by atoms with Crippen molar-refractivity contribution in [3.8, 4) is 0 Å². The summed E-state index contributed by atoms with van der Waals surface area (Å²) in [5, 5.41) is 0. The molecule has 4 rings (SSSR count). The molecule has 2 aliphatic rings. The van der Waals surface area contributed by atoms with E-state index in [9.17, 15) is 9.59 Å². The standard InChI is InChI=1S/C24H24O3/c1-24(2)14-19(25)22-18(13-16-9-5-3-6-10-16)21(17-11-7-4-8-12-17)23(26)27-20(22)15-24/h3-12,18,21H,13-15H2,1-2H3. The Morgan fingerprint density at radius 3 is 2.22 bits per heavy atom. The number of carbonyl (C=O) groups is 2. The number of esters is 1. The molecular formula is C24H24O3. The van der Waals surface area contributed by atoms with Gasteiger partial charge in [0, 0.05) is 24.3 Å². The fraction of sp³-hybridized carbons (Fsp3) is 0.333. The van der Waals surface area contributed by atoms with Gasteiger partial charge in [-0.05, 0) is 23.0 Å². The molecule has 1 heterocycles. The lowest BCUT2D eigenvalue weighted by atomic mass is 9.67. The van der Waals surface area contributed by atoms with Crippen LogP contribution in [0.4, 0.5) is 0 Å². The molecule has 2 unspecified atom stereocenters. The van der Waals surface area contributed by atoms with Gasteiger partial charge in [-0.2, -0.15) is 0 Å². The van der Waals surface area contributed by atoms with Crippen molar-refractivity contribution in [3.05, 3.63) is 83.1 Å². The van der Waals surface area contributed by atoms with E-state index in [4.69, 9.17) is 4.74 Å². The maximum Gasteiger partial charge on any atom is 0.319 e. The number of hydrogen-bond donors (Lipinski definition) is 0. The first-order valence-electron chi connectivity index (χ1n) is 9.51. The number of rotatable bonds is 3. The highest BCUT2D eigenvalue weighted by atomic mass is 16.5. The molecule has 2 aromatic carbocycles. The van der Waals surface area contributed by atoms with E-state index in [0.29, 0.717) is 25.0 Å². The average molecular weight is 360 g/mol. The van der Waals surface area contributed by atoms with Gasteiger partial charge in [0.05, 0.1) is 5.92 Å². The van der Waals surface area contributed by atoms with Crippen molar-refractivity contribution >= 4 is 11.8 Å². The van der Waals surface area contributed by atoms with Crippen molar-refractivity contribution < 1.29 is 14.3 Å². The third-order valence-corrected chi connectivity index (χ3v) is 5.59. The molecule has 0 saturated carbocycles. The van der Waals surface area contributed by atoms with Crippen LogP contribution in [0, 0.1) is 11.3 Å². The summed E-state index contributed by atoms with van der Waals surface area (Å²) in [7, 11) is 0. The van der Waals surface area contributed by atoms with Crippen LogP contribution in [-0.4, -0.2) is 11.8 Å². The number of hydrogen-bond acceptors (Lipinski definition) is 3. The summed E-state index contributed by atoms with van der Waals surface area (Å²) >= 11 is 0. The maximum absolute atomic E-state index is 13.1. The lowest BCUT2D eigenvalue weighted by molar-refractivity contribution is -0.146. The van der Waals surface area contributed by atoms with Gasteiger partial charge in [0.1, 0.15) is 5.76 Å². The number of benzene rings is 2. The van der Waals surface area contributed by atoms with Crippen LogP contribution in [0.2, 0.25) is 0 Å². The molecule has 0 amide bonds. The van der Waals surface area contributed by atoms with Gasteiger partial charge < -0.3 is 4.74 Å². The second-order valence-electron chi connectivity index (χ2n) is 8.38. The molecule has 0 radical (unpaired) electrons. The molecule has 0 aromatic heterocycles. The summed E-state index contributed by atoms with van der Waals surface area (Å²) in [6, 6.07) is 19.8. The Morgan fingerprint density at radius 1 is 0.926 bits per heavy atom. The molecule has 3 nitrogen and oxygen atoms in total. The number of ketones is 1. The van der Waals surface area contributed by atoms with Crippen molar-refractivity contribution in [1.29, 1.82) is 0 Å². The molecule has 2 atom stereocenters. The molecule has 0 spiro atoms. The summed E-state index contributed by atoms with van der Waals surface area (Å²) in [6.07, 6.45) is 1.78. The zero-order valence-electron chi connectivity index (χ0n) is 15.8. The highest BCUT2D eigenvalue weighted by Crippen LogP contribution is 2.47. The minimum atomic E-state index is -0.449. The fourth-order valence-electron chi connectivity index (χ4n) is 4.41. The van der Waals surface area contributed by atoms with Gasteiger partial charge in [0.15, 0.2) is 5.78 Å². The Labute approximate surface area is 160 Å². The molecule has 0 bridgehead atoms. The Kier molecular flexibility index (Phi) is 4.47. The largest absolute Gasteiger partial charge is 0.430 e. The lowest BCUT2D eigenvalue weighted by Crippen LogP contribution is -2.39. The Morgan fingerprint density at radius 2 is 1.56 bits per heavy atom. The Bertz CT molecular complexity index is 894.